The summed E-state index contributed by atoms with van der Waals surface area (Å²) in [6.45, 7) is 40.5. The summed E-state index contributed by atoms with van der Waals surface area (Å²) in [5.41, 5.74) is 20.6. The molecule has 4 heteroatoms. The summed E-state index contributed by atoms with van der Waals surface area (Å²) >= 11 is 0. The van der Waals surface area contributed by atoms with Crippen molar-refractivity contribution in [2.75, 3.05) is 9.80 Å². The number of fused-ring (bicyclic) bond motifs is 7. The molecule has 2 aliphatic heterocycles. The van der Waals surface area contributed by atoms with E-state index in [1.807, 2.05) is 0 Å². The zero-order valence-electron chi connectivity index (χ0n) is 43.3. The summed E-state index contributed by atoms with van der Waals surface area (Å²) in [5.74, 6) is 0. The monoisotopic (exact) mass is 865 g/mol. The number of furan rings is 1. The van der Waals surface area contributed by atoms with E-state index in [2.05, 4.69) is 206 Å². The van der Waals surface area contributed by atoms with Crippen LogP contribution in [0, 0.1) is 17.5 Å². The van der Waals surface area contributed by atoms with E-state index in [9.17, 15) is 0 Å². The summed E-state index contributed by atoms with van der Waals surface area (Å²) < 4.78 is 7.43. The lowest BCUT2D eigenvalue weighted by Gasteiger charge is -2.48. The van der Waals surface area contributed by atoms with Gasteiger partial charge in [0.15, 0.2) is 5.58 Å². The van der Waals surface area contributed by atoms with Gasteiger partial charge in [-0.3, -0.25) is 0 Å². The maximum atomic E-state index is 7.43. The van der Waals surface area contributed by atoms with Crippen molar-refractivity contribution in [3.63, 3.8) is 0 Å². The number of hydrogen-bond acceptors (Lipinski definition) is 3. The van der Waals surface area contributed by atoms with Crippen LogP contribution < -0.4 is 26.4 Å². The average molecular weight is 865 g/mol. The summed E-state index contributed by atoms with van der Waals surface area (Å²) in [5, 5.41) is 1.14. The highest BCUT2D eigenvalue weighted by Crippen LogP contribution is 2.52. The highest BCUT2D eigenvalue weighted by molar-refractivity contribution is 6.99. The van der Waals surface area contributed by atoms with Crippen molar-refractivity contribution >= 4 is 62.7 Å². The molecule has 0 saturated carbocycles. The molecule has 0 saturated heterocycles. The molecule has 65 heavy (non-hydrogen) atoms. The second kappa shape index (κ2) is 15.2. The van der Waals surface area contributed by atoms with E-state index in [4.69, 9.17) is 4.42 Å². The van der Waals surface area contributed by atoms with Crippen molar-refractivity contribution in [3.05, 3.63) is 118 Å². The van der Waals surface area contributed by atoms with Crippen molar-refractivity contribution in [1.82, 2.24) is 0 Å². The van der Waals surface area contributed by atoms with Gasteiger partial charge >= 0.3 is 0 Å². The fourth-order valence-corrected chi connectivity index (χ4v) is 11.9. The third kappa shape index (κ3) is 7.42. The summed E-state index contributed by atoms with van der Waals surface area (Å²) in [6, 6.07) is 27.5. The first-order valence-electron chi connectivity index (χ1n) is 25.2. The Bertz CT molecular complexity index is 2770. The third-order valence-electron chi connectivity index (χ3n) is 16.1. The zero-order valence-corrected chi connectivity index (χ0v) is 43.3. The van der Waals surface area contributed by atoms with Crippen LogP contribution in [0.5, 0.6) is 0 Å². The van der Waals surface area contributed by atoms with Crippen molar-refractivity contribution < 1.29 is 4.42 Å². The fraction of sp³-hybridized carbons (Fsp3) is 0.508. The first-order valence-corrected chi connectivity index (χ1v) is 25.2. The summed E-state index contributed by atoms with van der Waals surface area (Å²) in [6.07, 6.45) is 14.9. The van der Waals surface area contributed by atoms with E-state index in [-0.39, 0.29) is 45.2 Å². The molecule has 0 fully saturated rings. The van der Waals surface area contributed by atoms with Gasteiger partial charge in [-0.05, 0) is 151 Å². The molecule has 0 bridgehead atoms. The third-order valence-corrected chi connectivity index (χ3v) is 16.1. The number of nitrogens with zero attached hydrogens (tertiary/aromatic N) is 2. The Hall–Kier alpha value is -4.62. The van der Waals surface area contributed by atoms with Crippen LogP contribution in [0.1, 0.15) is 190 Å². The summed E-state index contributed by atoms with van der Waals surface area (Å²) in [4.78, 5) is 5.42. The maximum Gasteiger partial charge on any atom is 0.297 e. The van der Waals surface area contributed by atoms with Crippen molar-refractivity contribution in [2.45, 2.75) is 196 Å². The largest absolute Gasteiger partial charge is 0.459 e. The van der Waals surface area contributed by atoms with Gasteiger partial charge in [-0.15, -0.1) is 0 Å². The first kappa shape index (κ1) is 45.5. The smallest absolute Gasteiger partial charge is 0.297 e. The van der Waals surface area contributed by atoms with Gasteiger partial charge in [0.2, 0.25) is 0 Å². The van der Waals surface area contributed by atoms with Gasteiger partial charge < -0.3 is 14.2 Å². The molecule has 5 aromatic rings. The van der Waals surface area contributed by atoms with Crippen molar-refractivity contribution in [3.8, 4) is 0 Å². The molecule has 4 aliphatic rings. The molecule has 340 valence electrons. The molecule has 3 heterocycles. The van der Waals surface area contributed by atoms with Crippen LogP contribution in [0.15, 0.2) is 76.7 Å². The quantitative estimate of drug-likeness (QED) is 0.149. The van der Waals surface area contributed by atoms with Gasteiger partial charge in [0.1, 0.15) is 5.66 Å². The van der Waals surface area contributed by atoms with Crippen LogP contribution in [0.25, 0.3) is 11.0 Å². The molecule has 2 aliphatic carbocycles. The number of anilines is 5. The van der Waals surface area contributed by atoms with E-state index in [1.54, 1.807) is 0 Å². The van der Waals surface area contributed by atoms with Gasteiger partial charge in [0.05, 0.1) is 17.1 Å². The lowest BCUT2D eigenvalue weighted by molar-refractivity contribution is 0.332. The molecule has 9 rings (SSSR count). The molecular weight excluding hydrogens is 787 g/mol. The van der Waals surface area contributed by atoms with Crippen LogP contribution in [-0.2, 0) is 33.5 Å². The minimum absolute atomic E-state index is 0.00440. The second-order valence-electron chi connectivity index (χ2n) is 25.4. The lowest BCUT2D eigenvalue weighted by Crippen LogP contribution is -2.63. The molecule has 0 spiro atoms. The fourth-order valence-electron chi connectivity index (χ4n) is 11.9. The Morgan fingerprint density at radius 1 is 0.754 bits per heavy atom. The van der Waals surface area contributed by atoms with E-state index < -0.39 is 0 Å². The van der Waals surface area contributed by atoms with Gasteiger partial charge in [0.25, 0.3) is 6.71 Å². The molecule has 1 unspecified atom stereocenters. The molecule has 1 atom stereocenters. The number of benzene rings is 3. The van der Waals surface area contributed by atoms with E-state index in [1.165, 1.54) is 98.4 Å². The van der Waals surface area contributed by atoms with Gasteiger partial charge in [-0.2, -0.15) is 0 Å². The molecule has 0 amide bonds. The molecule has 0 radical (unpaired) electrons. The summed E-state index contributed by atoms with van der Waals surface area (Å²) in [7, 11) is 0. The number of rotatable bonds is 7. The molecule has 3 nitrogen and oxygen atoms in total. The predicted octanol–water partition coefficient (Wildman–Crippen LogP) is 15.1. The number of allylic oxidation sites excluding steroid dienone is 2. The topological polar surface area (TPSA) is 19.6 Å². The maximum absolute atomic E-state index is 7.43. The highest BCUT2D eigenvalue weighted by atomic mass is 16.3. The number of hydrogen-bond donors (Lipinski definition) is 0. The minimum Gasteiger partial charge on any atom is -0.459 e. The van der Waals surface area contributed by atoms with Crippen LogP contribution >= 0.6 is 0 Å². The van der Waals surface area contributed by atoms with Gasteiger partial charge in [-0.25, -0.2) is 0 Å². The molecular formula is C61H77BN2O. The van der Waals surface area contributed by atoms with Crippen molar-refractivity contribution in [2.24, 2.45) is 5.41 Å². The van der Waals surface area contributed by atoms with Crippen LogP contribution in [0.2, 0.25) is 0 Å². The van der Waals surface area contributed by atoms with Crippen LogP contribution in [0.4, 0.5) is 28.4 Å². The van der Waals surface area contributed by atoms with E-state index in [0.29, 0.717) is 0 Å². The van der Waals surface area contributed by atoms with Crippen LogP contribution in [-0.4, -0.2) is 12.8 Å². The Morgan fingerprint density at radius 3 is 2.09 bits per heavy atom. The van der Waals surface area contributed by atoms with E-state index >= 15 is 0 Å². The van der Waals surface area contributed by atoms with Gasteiger partial charge in [0, 0.05) is 28.3 Å². The predicted molar refractivity (Wildman–Crippen MR) is 282 cm³/mol. The zero-order chi connectivity index (χ0) is 47.0. The Kier molecular flexibility index (Phi) is 10.7. The molecule has 0 N–H and O–H groups in total. The molecule has 1 aromatic heterocycles. The second-order valence-corrected chi connectivity index (χ2v) is 25.4. The minimum atomic E-state index is -0.119. The Morgan fingerprint density at radius 2 is 1.45 bits per heavy atom. The number of aryl methyl sites for hydroxylation is 1. The van der Waals surface area contributed by atoms with Crippen LogP contribution in [0.3, 0.4) is 0 Å². The van der Waals surface area contributed by atoms with E-state index in [0.717, 1.165) is 41.5 Å². The molecule has 4 aromatic carbocycles. The normalized spacial score (nSPS) is 18.8. The van der Waals surface area contributed by atoms with Crippen molar-refractivity contribution in [1.29, 1.82) is 0 Å². The Labute approximate surface area is 394 Å². The SMILES string of the molecule is CCCCC(C)(C)c1cc2c(cc1CC)N(c1ccc3c(c1)C(C)(C)CCC3(C)C)c1cc(C(C)(C)C)cc3c1B2c1oc2c#cc(C(C)(C)C)cc2c1N3C1CC=CC=C1C(C)(C)C. The standard InChI is InChI=1S/C61H77BN2O/c1-18-20-29-59(12,13)45-37-47-49(32-38(45)19-2)63(41-26-27-43-46(36-41)61(16,17)31-30-60(43,14)15)50-34-40(57(6,7)8)35-51-53(50)62(47)55-54(42-33-39(56(3,4)5)25-28-52(42)65-55)64(51)48-24-22-21-23-44(48)58(9,10)11/h21-23,26-27,32-37,48H,18-20,24,29-31H2,1-17H3. The lowest BCUT2D eigenvalue weighted by atomic mass is 9.35. The Balaban J connectivity index is 1.45. The highest BCUT2D eigenvalue weighted by Gasteiger charge is 2.50. The first-order chi connectivity index (χ1) is 30.3. The number of unbranched alkanes of at least 4 members (excludes halogenated alkanes) is 1. The average Bonchev–Trinajstić information content (AvgIpc) is 3.61. The van der Waals surface area contributed by atoms with Gasteiger partial charge in [-0.1, -0.05) is 167 Å².